The molecule has 3 rings (SSSR count). The molecule has 1 heteroatoms. The lowest BCUT2D eigenvalue weighted by atomic mass is 9.58. The van der Waals surface area contributed by atoms with Crippen molar-refractivity contribution in [1.29, 1.82) is 0 Å². The van der Waals surface area contributed by atoms with E-state index in [2.05, 4.69) is 103 Å². The summed E-state index contributed by atoms with van der Waals surface area (Å²) in [6.45, 7) is 13.5. The van der Waals surface area contributed by atoms with Crippen molar-refractivity contribution in [1.82, 2.24) is 0 Å². The van der Waals surface area contributed by atoms with Gasteiger partial charge >= 0.3 is 0 Å². The van der Waals surface area contributed by atoms with Crippen LogP contribution in [-0.4, -0.2) is 7.28 Å². The Morgan fingerprint density at radius 3 is 1.67 bits per heavy atom. The number of aryl methyl sites for hydroxylation is 4. The minimum Gasteiger partial charge on any atom is -0.0757 e. The van der Waals surface area contributed by atoms with Gasteiger partial charge in [0.15, 0.2) is 7.28 Å². The van der Waals surface area contributed by atoms with Gasteiger partial charge in [0.1, 0.15) is 0 Å². The smallest absolute Gasteiger partial charge is 0.0757 e. The molecule has 27 heavy (non-hydrogen) atoms. The number of rotatable bonds is 5. The lowest BCUT2D eigenvalue weighted by Crippen LogP contribution is -2.34. The van der Waals surface area contributed by atoms with Gasteiger partial charge in [0.25, 0.3) is 0 Å². The van der Waals surface area contributed by atoms with Crippen LogP contribution in [0.2, 0.25) is 0 Å². The molecular formula is C26H30B. The third-order valence-electron chi connectivity index (χ3n) is 5.79. The van der Waals surface area contributed by atoms with Crippen molar-refractivity contribution in [2.24, 2.45) is 0 Å². The summed E-state index contributed by atoms with van der Waals surface area (Å²) in [5.74, 6) is 0.616. The Morgan fingerprint density at radius 1 is 0.704 bits per heavy atom. The normalized spacial score (nSPS) is 12.1. The number of hydrogen-bond acceptors (Lipinski definition) is 0. The van der Waals surface area contributed by atoms with Crippen molar-refractivity contribution in [2.75, 3.05) is 0 Å². The molecule has 0 fully saturated rings. The standard InChI is InChI=1S/C26H30B/c1-7-17(2)23-13-18(3)25(19(4)14-23)27-26-20(5)15-24(16-21(26)6)22-11-9-8-10-12-22/h8-17H,7H2,1-6H3. The molecule has 1 unspecified atom stereocenters. The largest absolute Gasteiger partial charge is 0.192 e. The van der Waals surface area contributed by atoms with Crippen molar-refractivity contribution in [3.63, 3.8) is 0 Å². The second-order valence-electron chi connectivity index (χ2n) is 7.91. The summed E-state index contributed by atoms with van der Waals surface area (Å²) in [6.07, 6.45) is 1.18. The van der Waals surface area contributed by atoms with Gasteiger partial charge in [-0.3, -0.25) is 0 Å². The first-order valence-electron chi connectivity index (χ1n) is 10.0. The molecule has 0 aliphatic heterocycles. The summed E-state index contributed by atoms with van der Waals surface area (Å²) in [5.41, 5.74) is 12.1. The van der Waals surface area contributed by atoms with E-state index in [1.54, 1.807) is 0 Å². The fourth-order valence-corrected chi connectivity index (χ4v) is 3.90. The monoisotopic (exact) mass is 353 g/mol. The molecule has 0 aliphatic carbocycles. The van der Waals surface area contributed by atoms with Gasteiger partial charge in [0, 0.05) is 0 Å². The van der Waals surface area contributed by atoms with Crippen LogP contribution in [-0.2, 0) is 0 Å². The third-order valence-corrected chi connectivity index (χ3v) is 5.79. The SMILES string of the molecule is CCC(C)c1cc(C)c([B]c2c(C)cc(-c3ccccc3)cc2C)c(C)c1. The van der Waals surface area contributed by atoms with Gasteiger partial charge in [-0.25, -0.2) is 0 Å². The molecule has 0 amide bonds. The summed E-state index contributed by atoms with van der Waals surface area (Å²) < 4.78 is 0. The first-order valence-corrected chi connectivity index (χ1v) is 10.0. The van der Waals surface area contributed by atoms with Gasteiger partial charge in [0.05, 0.1) is 0 Å². The highest BCUT2D eigenvalue weighted by Gasteiger charge is 2.14. The van der Waals surface area contributed by atoms with Crippen molar-refractivity contribution < 1.29 is 0 Å². The predicted molar refractivity (Wildman–Crippen MR) is 121 cm³/mol. The van der Waals surface area contributed by atoms with Crippen LogP contribution < -0.4 is 10.9 Å². The Bertz CT molecular complexity index is 892. The lowest BCUT2D eigenvalue weighted by molar-refractivity contribution is 0.732. The van der Waals surface area contributed by atoms with Crippen LogP contribution in [0.3, 0.4) is 0 Å². The zero-order valence-electron chi connectivity index (χ0n) is 17.6. The predicted octanol–water partition coefficient (Wildman–Crippen LogP) is 5.76. The van der Waals surface area contributed by atoms with Crippen LogP contribution in [0.5, 0.6) is 0 Å². The van der Waals surface area contributed by atoms with Gasteiger partial charge in [-0.05, 0) is 56.7 Å². The molecule has 1 radical (unpaired) electrons. The maximum atomic E-state index is 2.38. The average molecular weight is 353 g/mol. The number of benzene rings is 3. The van der Waals surface area contributed by atoms with E-state index < -0.39 is 0 Å². The highest BCUT2D eigenvalue weighted by molar-refractivity contribution is 6.69. The van der Waals surface area contributed by atoms with Crippen LogP contribution in [0.15, 0.2) is 54.6 Å². The van der Waals surface area contributed by atoms with Crippen LogP contribution in [0.4, 0.5) is 0 Å². The summed E-state index contributed by atoms with van der Waals surface area (Å²) in [6, 6.07) is 20.0. The van der Waals surface area contributed by atoms with Gasteiger partial charge < -0.3 is 0 Å². The van der Waals surface area contributed by atoms with E-state index in [1.165, 1.54) is 56.3 Å². The topological polar surface area (TPSA) is 0 Å². The molecule has 0 aromatic heterocycles. The Kier molecular flexibility index (Phi) is 5.90. The second-order valence-corrected chi connectivity index (χ2v) is 7.91. The molecule has 0 bridgehead atoms. The highest BCUT2D eigenvalue weighted by Crippen LogP contribution is 2.22. The molecule has 0 spiro atoms. The summed E-state index contributed by atoms with van der Waals surface area (Å²) in [4.78, 5) is 0. The van der Waals surface area contributed by atoms with Crippen molar-refractivity contribution in [3.05, 3.63) is 82.4 Å². The fourth-order valence-electron chi connectivity index (χ4n) is 3.90. The molecule has 0 saturated heterocycles. The van der Waals surface area contributed by atoms with E-state index in [0.717, 1.165) is 0 Å². The van der Waals surface area contributed by atoms with Crippen LogP contribution >= 0.6 is 0 Å². The first kappa shape index (κ1) is 19.5. The van der Waals surface area contributed by atoms with Crippen molar-refractivity contribution >= 4 is 18.2 Å². The molecule has 1 atom stereocenters. The molecular weight excluding hydrogens is 323 g/mol. The molecule has 3 aromatic carbocycles. The van der Waals surface area contributed by atoms with E-state index in [1.807, 2.05) is 0 Å². The molecule has 0 heterocycles. The maximum Gasteiger partial charge on any atom is 0.192 e. The maximum absolute atomic E-state index is 2.38. The number of hydrogen-bond donors (Lipinski definition) is 0. The minimum atomic E-state index is 0.616. The van der Waals surface area contributed by atoms with Gasteiger partial charge in [-0.1, -0.05) is 102 Å². The lowest BCUT2D eigenvalue weighted by Gasteiger charge is -2.18. The van der Waals surface area contributed by atoms with Crippen molar-refractivity contribution in [3.8, 4) is 11.1 Å². The van der Waals surface area contributed by atoms with E-state index in [9.17, 15) is 0 Å². The highest BCUT2D eigenvalue weighted by atomic mass is 14.1. The quantitative estimate of drug-likeness (QED) is 0.512. The van der Waals surface area contributed by atoms with Crippen LogP contribution in [0.1, 0.15) is 54.0 Å². The zero-order valence-corrected chi connectivity index (χ0v) is 17.6. The van der Waals surface area contributed by atoms with E-state index in [-0.39, 0.29) is 0 Å². The molecule has 137 valence electrons. The Labute approximate surface area is 165 Å². The average Bonchev–Trinajstić information content (AvgIpc) is 2.66. The van der Waals surface area contributed by atoms with Crippen molar-refractivity contribution in [2.45, 2.75) is 53.9 Å². The summed E-state index contributed by atoms with van der Waals surface area (Å²) >= 11 is 0. The Balaban J connectivity index is 1.97. The first-order chi connectivity index (χ1) is 12.9. The van der Waals surface area contributed by atoms with E-state index >= 15 is 0 Å². The summed E-state index contributed by atoms with van der Waals surface area (Å²) in [7, 11) is 2.38. The molecule has 0 aliphatic rings. The van der Waals surface area contributed by atoms with Gasteiger partial charge in [-0.15, -0.1) is 0 Å². The molecule has 0 N–H and O–H groups in total. The van der Waals surface area contributed by atoms with Crippen LogP contribution in [0.25, 0.3) is 11.1 Å². The Morgan fingerprint density at radius 2 is 1.19 bits per heavy atom. The molecule has 0 saturated carbocycles. The van der Waals surface area contributed by atoms with Gasteiger partial charge in [-0.2, -0.15) is 0 Å². The van der Waals surface area contributed by atoms with E-state index in [0.29, 0.717) is 5.92 Å². The van der Waals surface area contributed by atoms with Crippen LogP contribution in [0, 0.1) is 27.7 Å². The van der Waals surface area contributed by atoms with Gasteiger partial charge in [0.2, 0.25) is 0 Å². The second kappa shape index (κ2) is 8.17. The molecule has 0 nitrogen and oxygen atoms in total. The minimum absolute atomic E-state index is 0.616. The zero-order chi connectivity index (χ0) is 19.6. The fraction of sp³-hybridized carbons (Fsp3) is 0.308. The Hall–Kier alpha value is -2.28. The third kappa shape index (κ3) is 4.19. The van der Waals surface area contributed by atoms with E-state index in [4.69, 9.17) is 0 Å². The molecule has 3 aromatic rings. The summed E-state index contributed by atoms with van der Waals surface area (Å²) in [5, 5.41) is 0.